The number of rotatable bonds is 4. The third-order valence-electron chi connectivity index (χ3n) is 6.61. The SMILES string of the molecule is Cc1nc2ccc(Cl)cc2c(-c2ccccc2)c1C(=O)O[C@@H]1C[C@H](C)CC[C@H]1C(C)C. The largest absolute Gasteiger partial charge is 0.458 e. The summed E-state index contributed by atoms with van der Waals surface area (Å²) in [6, 6.07) is 15.6. The van der Waals surface area contributed by atoms with E-state index in [0.717, 1.165) is 34.9 Å². The van der Waals surface area contributed by atoms with Gasteiger partial charge in [-0.1, -0.05) is 69.1 Å². The third kappa shape index (κ3) is 4.48. The van der Waals surface area contributed by atoms with E-state index in [0.29, 0.717) is 34.0 Å². The summed E-state index contributed by atoms with van der Waals surface area (Å²) < 4.78 is 6.23. The average Bonchev–Trinajstić information content (AvgIpc) is 2.73. The van der Waals surface area contributed by atoms with Crippen LogP contribution in [0.3, 0.4) is 0 Å². The van der Waals surface area contributed by atoms with Gasteiger partial charge in [0.1, 0.15) is 6.10 Å². The fraction of sp³-hybridized carbons (Fsp3) is 0.407. The number of carbonyl (C=O) groups excluding carboxylic acids is 1. The highest BCUT2D eigenvalue weighted by molar-refractivity contribution is 6.31. The molecule has 1 aliphatic carbocycles. The van der Waals surface area contributed by atoms with Crippen molar-refractivity contribution >= 4 is 28.5 Å². The van der Waals surface area contributed by atoms with Gasteiger partial charge in [-0.2, -0.15) is 0 Å². The van der Waals surface area contributed by atoms with E-state index in [1.54, 1.807) is 0 Å². The monoisotopic (exact) mass is 435 g/mol. The number of esters is 1. The number of aryl methyl sites for hydroxylation is 1. The van der Waals surface area contributed by atoms with Crippen LogP contribution in [0, 0.1) is 24.7 Å². The molecule has 1 fully saturated rings. The summed E-state index contributed by atoms with van der Waals surface area (Å²) in [5, 5.41) is 1.49. The van der Waals surface area contributed by atoms with Crippen molar-refractivity contribution in [2.75, 3.05) is 0 Å². The van der Waals surface area contributed by atoms with Crippen LogP contribution in [0.25, 0.3) is 22.0 Å². The Morgan fingerprint density at radius 2 is 1.87 bits per heavy atom. The quantitative estimate of drug-likeness (QED) is 0.398. The normalized spacial score (nSPS) is 21.4. The van der Waals surface area contributed by atoms with Crippen molar-refractivity contribution < 1.29 is 9.53 Å². The molecule has 0 amide bonds. The molecule has 4 rings (SSSR count). The van der Waals surface area contributed by atoms with Crippen molar-refractivity contribution in [1.29, 1.82) is 0 Å². The molecule has 1 saturated carbocycles. The second kappa shape index (κ2) is 9.00. The number of aromatic nitrogens is 1. The Labute approximate surface area is 189 Å². The molecular weight excluding hydrogens is 406 g/mol. The fourth-order valence-corrected chi connectivity index (χ4v) is 5.13. The van der Waals surface area contributed by atoms with Crippen LogP contribution in [0.1, 0.15) is 56.1 Å². The van der Waals surface area contributed by atoms with Gasteiger partial charge in [-0.25, -0.2) is 4.79 Å². The first-order valence-electron chi connectivity index (χ1n) is 11.2. The Morgan fingerprint density at radius 1 is 1.13 bits per heavy atom. The van der Waals surface area contributed by atoms with Crippen LogP contribution in [0.5, 0.6) is 0 Å². The van der Waals surface area contributed by atoms with Crippen molar-refractivity contribution in [2.24, 2.45) is 17.8 Å². The molecule has 4 heteroatoms. The lowest BCUT2D eigenvalue weighted by Crippen LogP contribution is -2.36. The molecular formula is C27H30ClNO2. The standard InChI is InChI=1S/C27H30ClNO2/c1-16(2)21-12-10-17(3)14-24(21)31-27(30)25-18(4)29-23-13-11-20(28)15-22(23)26(25)19-8-6-5-7-9-19/h5-9,11,13,15-17,21,24H,10,12,14H2,1-4H3/t17-,21+,24-/m1/s1. The number of ether oxygens (including phenoxy) is 1. The van der Waals surface area contributed by atoms with Gasteiger partial charge in [0.25, 0.3) is 0 Å². The van der Waals surface area contributed by atoms with Crippen molar-refractivity contribution in [2.45, 2.75) is 53.1 Å². The molecule has 0 bridgehead atoms. The van der Waals surface area contributed by atoms with Crippen LogP contribution >= 0.6 is 11.6 Å². The lowest BCUT2D eigenvalue weighted by atomic mass is 9.75. The number of fused-ring (bicyclic) bond motifs is 1. The topological polar surface area (TPSA) is 39.2 Å². The van der Waals surface area contributed by atoms with Gasteiger partial charge >= 0.3 is 5.97 Å². The Morgan fingerprint density at radius 3 is 2.58 bits per heavy atom. The molecule has 3 atom stereocenters. The van der Waals surface area contributed by atoms with E-state index in [-0.39, 0.29) is 12.1 Å². The van der Waals surface area contributed by atoms with E-state index in [1.165, 1.54) is 6.42 Å². The van der Waals surface area contributed by atoms with Gasteiger partial charge in [-0.15, -0.1) is 0 Å². The van der Waals surface area contributed by atoms with E-state index >= 15 is 0 Å². The summed E-state index contributed by atoms with van der Waals surface area (Å²) in [6.07, 6.45) is 3.16. The summed E-state index contributed by atoms with van der Waals surface area (Å²) in [7, 11) is 0. The molecule has 3 nitrogen and oxygen atoms in total. The van der Waals surface area contributed by atoms with Crippen molar-refractivity contribution in [3.63, 3.8) is 0 Å². The minimum atomic E-state index is -0.282. The Balaban J connectivity index is 1.83. The van der Waals surface area contributed by atoms with Crippen LogP contribution < -0.4 is 0 Å². The van der Waals surface area contributed by atoms with E-state index in [4.69, 9.17) is 21.3 Å². The summed E-state index contributed by atoms with van der Waals surface area (Å²) >= 11 is 6.33. The van der Waals surface area contributed by atoms with Gasteiger partial charge in [0, 0.05) is 16.0 Å². The summed E-state index contributed by atoms with van der Waals surface area (Å²) in [5.41, 5.74) is 3.86. The molecule has 2 aromatic carbocycles. The zero-order valence-electron chi connectivity index (χ0n) is 18.7. The molecule has 1 aromatic heterocycles. The zero-order valence-corrected chi connectivity index (χ0v) is 19.4. The smallest absolute Gasteiger partial charge is 0.340 e. The summed E-state index contributed by atoms with van der Waals surface area (Å²) in [6.45, 7) is 8.58. The highest BCUT2D eigenvalue weighted by atomic mass is 35.5. The van der Waals surface area contributed by atoms with Crippen molar-refractivity contribution in [3.8, 4) is 11.1 Å². The van der Waals surface area contributed by atoms with Crippen LogP contribution in [-0.4, -0.2) is 17.1 Å². The van der Waals surface area contributed by atoms with Crippen LogP contribution in [0.2, 0.25) is 5.02 Å². The number of hydrogen-bond acceptors (Lipinski definition) is 3. The molecule has 0 unspecified atom stereocenters. The number of nitrogens with zero attached hydrogens (tertiary/aromatic N) is 1. The summed E-state index contributed by atoms with van der Waals surface area (Å²) in [5.74, 6) is 1.16. The van der Waals surface area contributed by atoms with Gasteiger partial charge in [0.2, 0.25) is 0 Å². The van der Waals surface area contributed by atoms with Crippen molar-refractivity contribution in [1.82, 2.24) is 4.98 Å². The van der Waals surface area contributed by atoms with Crippen molar-refractivity contribution in [3.05, 3.63) is 64.8 Å². The molecule has 162 valence electrons. The zero-order chi connectivity index (χ0) is 22.1. The van der Waals surface area contributed by atoms with Crippen LogP contribution in [0.15, 0.2) is 48.5 Å². The van der Waals surface area contributed by atoms with Gasteiger partial charge in [-0.3, -0.25) is 4.98 Å². The van der Waals surface area contributed by atoms with Crippen LogP contribution in [0.4, 0.5) is 0 Å². The highest BCUT2D eigenvalue weighted by Gasteiger charge is 2.34. The maximum atomic E-state index is 13.6. The van der Waals surface area contributed by atoms with Gasteiger partial charge in [0.05, 0.1) is 16.8 Å². The average molecular weight is 436 g/mol. The van der Waals surface area contributed by atoms with E-state index < -0.39 is 0 Å². The maximum absolute atomic E-state index is 13.6. The fourth-order valence-electron chi connectivity index (χ4n) is 4.96. The van der Waals surface area contributed by atoms with Gasteiger partial charge in [-0.05, 0) is 61.3 Å². The molecule has 0 N–H and O–H groups in total. The molecule has 3 aromatic rings. The first-order valence-corrected chi connectivity index (χ1v) is 11.6. The lowest BCUT2D eigenvalue weighted by Gasteiger charge is -2.36. The number of benzene rings is 2. The molecule has 0 saturated heterocycles. The number of carbonyl (C=O) groups is 1. The number of halogens is 1. The maximum Gasteiger partial charge on any atom is 0.340 e. The van der Waals surface area contributed by atoms with E-state index in [1.807, 2.05) is 55.5 Å². The predicted molar refractivity (Wildman–Crippen MR) is 127 cm³/mol. The molecule has 1 aliphatic rings. The van der Waals surface area contributed by atoms with Gasteiger partial charge < -0.3 is 4.74 Å². The summed E-state index contributed by atoms with van der Waals surface area (Å²) in [4.78, 5) is 18.4. The third-order valence-corrected chi connectivity index (χ3v) is 6.85. The van der Waals surface area contributed by atoms with Gasteiger partial charge in [0.15, 0.2) is 0 Å². The molecule has 31 heavy (non-hydrogen) atoms. The number of pyridine rings is 1. The Bertz CT molecular complexity index is 1090. The minimum absolute atomic E-state index is 0.0608. The lowest BCUT2D eigenvalue weighted by molar-refractivity contribution is -0.0174. The Kier molecular flexibility index (Phi) is 6.34. The molecule has 0 radical (unpaired) electrons. The molecule has 0 aliphatic heterocycles. The Hall–Kier alpha value is -2.39. The molecule has 1 heterocycles. The second-order valence-electron chi connectivity index (χ2n) is 9.24. The highest BCUT2D eigenvalue weighted by Crippen LogP contribution is 2.38. The van der Waals surface area contributed by atoms with Crippen LogP contribution in [-0.2, 0) is 4.74 Å². The van der Waals surface area contributed by atoms with E-state index in [9.17, 15) is 4.79 Å². The van der Waals surface area contributed by atoms with E-state index in [2.05, 4.69) is 20.8 Å². The predicted octanol–water partition coefficient (Wildman–Crippen LogP) is 7.48. The molecule has 0 spiro atoms. The first-order chi connectivity index (χ1) is 14.8. The first kappa shape index (κ1) is 21.8. The second-order valence-corrected chi connectivity index (χ2v) is 9.68. The number of hydrogen-bond donors (Lipinski definition) is 0. The minimum Gasteiger partial charge on any atom is -0.458 e.